The summed E-state index contributed by atoms with van der Waals surface area (Å²) in [5.74, 6) is -0.797. The van der Waals surface area contributed by atoms with Gasteiger partial charge in [0.25, 0.3) is 10.1 Å². The third-order valence-electron chi connectivity index (χ3n) is 2.31. The fourth-order valence-corrected chi connectivity index (χ4v) is 1.94. The van der Waals surface area contributed by atoms with Crippen molar-refractivity contribution in [3.8, 4) is 0 Å². The summed E-state index contributed by atoms with van der Waals surface area (Å²) in [5.41, 5.74) is 0.786. The summed E-state index contributed by atoms with van der Waals surface area (Å²) in [6.45, 7) is 1.25. The van der Waals surface area contributed by atoms with Crippen LogP contribution in [0.4, 0.5) is 0 Å². The minimum Gasteiger partial charge on any atom is -0.465 e. The molecule has 0 unspecified atom stereocenters. The van der Waals surface area contributed by atoms with Gasteiger partial charge in [-0.15, -0.1) is 0 Å². The van der Waals surface area contributed by atoms with Gasteiger partial charge >= 0.3 is 5.97 Å². The summed E-state index contributed by atoms with van der Waals surface area (Å²) in [4.78, 5) is 10.8. The van der Waals surface area contributed by atoms with Crippen molar-refractivity contribution in [1.29, 1.82) is 0 Å². The molecule has 1 aromatic carbocycles. The van der Waals surface area contributed by atoms with E-state index in [-0.39, 0.29) is 19.1 Å². The minimum atomic E-state index is -3.54. The lowest BCUT2D eigenvalue weighted by molar-refractivity contribution is -0.141. The topological polar surface area (TPSA) is 69.7 Å². The molecule has 0 bridgehead atoms. The Morgan fingerprint density at radius 1 is 1.26 bits per heavy atom. The second-order valence-corrected chi connectivity index (χ2v) is 6.12. The molecule has 7 heteroatoms. The summed E-state index contributed by atoms with van der Waals surface area (Å²) in [7, 11) is -3.54. The lowest BCUT2D eigenvalue weighted by Gasteiger charge is -2.16. The van der Waals surface area contributed by atoms with Gasteiger partial charge in [0.2, 0.25) is 0 Å². The maximum absolute atomic E-state index is 11.0. The van der Waals surface area contributed by atoms with Gasteiger partial charge in [-0.25, -0.2) is 0 Å². The maximum Gasteiger partial charge on any atom is 0.302 e. The molecule has 0 saturated carbocycles. The van der Waals surface area contributed by atoms with E-state index in [1.807, 2.05) is 0 Å². The van der Waals surface area contributed by atoms with Gasteiger partial charge in [-0.3, -0.25) is 8.98 Å². The Kier molecular flexibility index (Phi) is 5.78. The largest absolute Gasteiger partial charge is 0.465 e. The van der Waals surface area contributed by atoms with Crippen molar-refractivity contribution in [3.05, 3.63) is 34.9 Å². The quantitative estimate of drug-likeness (QED) is 0.593. The summed E-state index contributed by atoms with van der Waals surface area (Å²) in [6.07, 6.45) is 0.970. The van der Waals surface area contributed by atoms with Crippen molar-refractivity contribution in [3.63, 3.8) is 0 Å². The van der Waals surface area contributed by atoms with E-state index >= 15 is 0 Å². The molecule has 19 heavy (non-hydrogen) atoms. The highest BCUT2D eigenvalue weighted by Crippen LogP contribution is 2.20. The van der Waals surface area contributed by atoms with Gasteiger partial charge < -0.3 is 4.74 Å². The fraction of sp³-hybridized carbons (Fsp3) is 0.417. The van der Waals surface area contributed by atoms with Crippen LogP contribution in [-0.2, 0) is 23.8 Å². The minimum absolute atomic E-state index is 0.0481. The summed E-state index contributed by atoms with van der Waals surface area (Å²) in [5, 5.41) is 0.569. The molecular weight excluding hydrogens is 292 g/mol. The molecule has 106 valence electrons. The number of carbonyl (C=O) groups excluding carboxylic acids is 1. The van der Waals surface area contributed by atoms with Crippen LogP contribution < -0.4 is 0 Å². The second kappa shape index (κ2) is 6.88. The second-order valence-electron chi connectivity index (χ2n) is 4.04. The van der Waals surface area contributed by atoms with Crippen LogP contribution in [0.1, 0.15) is 18.4 Å². The van der Waals surface area contributed by atoms with Crippen LogP contribution in [-0.4, -0.2) is 33.9 Å². The highest BCUT2D eigenvalue weighted by molar-refractivity contribution is 7.85. The zero-order valence-corrected chi connectivity index (χ0v) is 12.2. The third-order valence-corrected chi connectivity index (χ3v) is 3.13. The van der Waals surface area contributed by atoms with Crippen LogP contribution in [0.2, 0.25) is 5.02 Å². The smallest absolute Gasteiger partial charge is 0.302 e. The number of hydrogen-bond acceptors (Lipinski definition) is 5. The highest BCUT2D eigenvalue weighted by Gasteiger charge is 2.16. The molecule has 0 heterocycles. The Labute approximate surface area is 117 Å². The first-order valence-corrected chi connectivity index (χ1v) is 7.70. The molecule has 1 atom stereocenters. The zero-order chi connectivity index (χ0) is 14.5. The average Bonchev–Trinajstić information content (AvgIpc) is 2.29. The van der Waals surface area contributed by atoms with E-state index in [4.69, 9.17) is 20.5 Å². The normalized spacial score (nSPS) is 13.0. The number of benzene rings is 1. The Balaban J connectivity index is 2.78. The molecule has 0 saturated heterocycles. The van der Waals surface area contributed by atoms with Gasteiger partial charge in [0, 0.05) is 17.9 Å². The molecule has 0 aliphatic carbocycles. The van der Waals surface area contributed by atoms with E-state index in [2.05, 4.69) is 0 Å². The van der Waals surface area contributed by atoms with Crippen LogP contribution >= 0.6 is 11.6 Å². The van der Waals surface area contributed by atoms with Gasteiger partial charge in [0.1, 0.15) is 6.61 Å². The highest BCUT2D eigenvalue weighted by atomic mass is 35.5. The van der Waals surface area contributed by atoms with Crippen LogP contribution in [0, 0.1) is 0 Å². The lowest BCUT2D eigenvalue weighted by Crippen LogP contribution is -2.18. The SMILES string of the molecule is CC(=O)OC[C@H](COS(C)(=O)=O)c1ccc(Cl)cc1. The number of rotatable bonds is 6. The number of carbonyl (C=O) groups is 1. The van der Waals surface area contributed by atoms with E-state index in [9.17, 15) is 13.2 Å². The molecule has 0 N–H and O–H groups in total. The Morgan fingerprint density at radius 2 is 1.84 bits per heavy atom. The van der Waals surface area contributed by atoms with Crippen molar-refractivity contribution < 1.29 is 22.1 Å². The molecule has 1 aromatic rings. The first-order valence-electron chi connectivity index (χ1n) is 5.51. The Morgan fingerprint density at radius 3 is 2.32 bits per heavy atom. The number of hydrogen-bond donors (Lipinski definition) is 0. The Hall–Kier alpha value is -1.11. The summed E-state index contributed by atoms with van der Waals surface area (Å²) in [6, 6.07) is 6.83. The summed E-state index contributed by atoms with van der Waals surface area (Å²) < 4.78 is 31.7. The average molecular weight is 307 g/mol. The van der Waals surface area contributed by atoms with E-state index in [1.54, 1.807) is 24.3 Å². The van der Waals surface area contributed by atoms with E-state index < -0.39 is 16.1 Å². The number of halogens is 1. The van der Waals surface area contributed by atoms with Gasteiger partial charge in [-0.05, 0) is 17.7 Å². The lowest BCUT2D eigenvalue weighted by atomic mass is 10.0. The molecule has 0 spiro atoms. The third kappa shape index (κ3) is 6.56. The van der Waals surface area contributed by atoms with Crippen molar-refractivity contribution in [1.82, 2.24) is 0 Å². The molecule has 1 rings (SSSR count). The van der Waals surface area contributed by atoms with Gasteiger partial charge in [0.05, 0.1) is 12.9 Å². The fourth-order valence-electron chi connectivity index (χ4n) is 1.40. The van der Waals surface area contributed by atoms with Crippen LogP contribution in [0.15, 0.2) is 24.3 Å². The maximum atomic E-state index is 11.0. The van der Waals surface area contributed by atoms with Crippen molar-refractivity contribution >= 4 is 27.7 Å². The molecule has 0 aliphatic heterocycles. The van der Waals surface area contributed by atoms with E-state index in [0.717, 1.165) is 11.8 Å². The monoisotopic (exact) mass is 306 g/mol. The van der Waals surface area contributed by atoms with Crippen molar-refractivity contribution in [2.45, 2.75) is 12.8 Å². The predicted molar refractivity (Wildman–Crippen MR) is 71.6 cm³/mol. The molecule has 0 fully saturated rings. The molecule has 0 radical (unpaired) electrons. The predicted octanol–water partition coefficient (Wildman–Crippen LogP) is 1.96. The number of ether oxygens (including phenoxy) is 1. The summed E-state index contributed by atoms with van der Waals surface area (Å²) >= 11 is 5.78. The van der Waals surface area contributed by atoms with Crippen molar-refractivity contribution in [2.24, 2.45) is 0 Å². The van der Waals surface area contributed by atoms with Crippen molar-refractivity contribution in [2.75, 3.05) is 19.5 Å². The van der Waals surface area contributed by atoms with E-state index in [0.29, 0.717) is 5.02 Å². The zero-order valence-electron chi connectivity index (χ0n) is 10.6. The van der Waals surface area contributed by atoms with Crippen LogP contribution in [0.25, 0.3) is 0 Å². The first-order chi connectivity index (χ1) is 8.78. The van der Waals surface area contributed by atoms with Gasteiger partial charge in [-0.2, -0.15) is 8.42 Å². The number of esters is 1. The standard InChI is InChI=1S/C12H15ClO5S/c1-9(14)17-7-11(8-18-19(2,15)16)10-3-5-12(13)6-4-10/h3-6,11H,7-8H2,1-2H3/t11-/m1/s1. The van der Waals surface area contributed by atoms with Gasteiger partial charge in [-0.1, -0.05) is 23.7 Å². The molecule has 0 aromatic heterocycles. The van der Waals surface area contributed by atoms with Crippen LogP contribution in [0.3, 0.4) is 0 Å². The van der Waals surface area contributed by atoms with Gasteiger partial charge in [0.15, 0.2) is 0 Å². The van der Waals surface area contributed by atoms with Crippen LogP contribution in [0.5, 0.6) is 0 Å². The molecular formula is C12H15ClO5S. The molecule has 0 amide bonds. The van der Waals surface area contributed by atoms with E-state index in [1.165, 1.54) is 6.92 Å². The molecule has 0 aliphatic rings. The first kappa shape index (κ1) is 15.9. The Bertz CT molecular complexity index is 524. The molecule has 5 nitrogen and oxygen atoms in total.